The van der Waals surface area contributed by atoms with Crippen molar-refractivity contribution in [2.75, 3.05) is 5.32 Å². The number of aromatic nitrogens is 2. The van der Waals surface area contributed by atoms with Crippen molar-refractivity contribution in [2.45, 2.75) is 6.54 Å². The molecule has 0 spiro atoms. The Morgan fingerprint density at radius 3 is 3.00 bits per heavy atom. The SMILES string of the molecule is NC(=S)c1ccncc1NCc1ccno1. The van der Waals surface area contributed by atoms with E-state index in [9.17, 15) is 0 Å². The monoisotopic (exact) mass is 234 g/mol. The minimum Gasteiger partial charge on any atom is -0.389 e. The highest BCUT2D eigenvalue weighted by atomic mass is 32.1. The average molecular weight is 234 g/mol. The van der Waals surface area contributed by atoms with Gasteiger partial charge in [0, 0.05) is 17.8 Å². The third kappa shape index (κ3) is 2.34. The molecule has 82 valence electrons. The first kappa shape index (κ1) is 10.6. The molecule has 0 bridgehead atoms. The molecule has 0 saturated carbocycles. The fourth-order valence-corrected chi connectivity index (χ4v) is 1.44. The number of nitrogens with two attached hydrogens (primary N) is 1. The van der Waals surface area contributed by atoms with Gasteiger partial charge in [-0.3, -0.25) is 4.98 Å². The average Bonchev–Trinajstić information content (AvgIpc) is 2.79. The van der Waals surface area contributed by atoms with Crippen LogP contribution >= 0.6 is 12.2 Å². The molecule has 16 heavy (non-hydrogen) atoms. The van der Waals surface area contributed by atoms with Crippen molar-refractivity contribution in [3.05, 3.63) is 42.0 Å². The molecule has 2 aromatic rings. The predicted molar refractivity (Wildman–Crippen MR) is 64.0 cm³/mol. The summed E-state index contributed by atoms with van der Waals surface area (Å²) in [5, 5.41) is 6.74. The summed E-state index contributed by atoms with van der Waals surface area (Å²) in [5.74, 6) is 0.734. The van der Waals surface area contributed by atoms with E-state index in [1.165, 1.54) is 0 Å². The number of rotatable bonds is 4. The summed E-state index contributed by atoms with van der Waals surface area (Å²) in [5.41, 5.74) is 7.14. The van der Waals surface area contributed by atoms with Crippen LogP contribution in [0.25, 0.3) is 0 Å². The number of thiocarbonyl (C=S) groups is 1. The lowest BCUT2D eigenvalue weighted by atomic mass is 10.2. The Labute approximate surface area is 97.7 Å². The highest BCUT2D eigenvalue weighted by Gasteiger charge is 2.05. The second-order valence-corrected chi connectivity index (χ2v) is 3.56. The second kappa shape index (κ2) is 4.71. The first-order valence-electron chi connectivity index (χ1n) is 4.64. The van der Waals surface area contributed by atoms with Crippen molar-refractivity contribution in [1.82, 2.24) is 10.1 Å². The third-order valence-electron chi connectivity index (χ3n) is 2.03. The third-order valence-corrected chi connectivity index (χ3v) is 2.25. The van der Waals surface area contributed by atoms with E-state index < -0.39 is 0 Å². The van der Waals surface area contributed by atoms with E-state index in [1.807, 2.05) is 0 Å². The second-order valence-electron chi connectivity index (χ2n) is 3.12. The Bertz CT molecular complexity index is 483. The number of nitrogens with zero attached hydrogens (tertiary/aromatic N) is 2. The lowest BCUT2D eigenvalue weighted by molar-refractivity contribution is 0.388. The molecule has 3 N–H and O–H groups in total. The van der Waals surface area contributed by atoms with E-state index in [0.717, 1.165) is 17.0 Å². The van der Waals surface area contributed by atoms with Crippen molar-refractivity contribution in [1.29, 1.82) is 0 Å². The van der Waals surface area contributed by atoms with Gasteiger partial charge in [0.2, 0.25) is 0 Å². The van der Waals surface area contributed by atoms with E-state index >= 15 is 0 Å². The van der Waals surface area contributed by atoms with Crippen LogP contribution < -0.4 is 11.1 Å². The first-order chi connectivity index (χ1) is 7.77. The van der Waals surface area contributed by atoms with Crippen LogP contribution in [0.1, 0.15) is 11.3 Å². The van der Waals surface area contributed by atoms with Gasteiger partial charge < -0.3 is 15.6 Å². The van der Waals surface area contributed by atoms with E-state index in [-0.39, 0.29) is 0 Å². The number of nitrogens with one attached hydrogen (secondary N) is 1. The van der Waals surface area contributed by atoms with Crippen LogP contribution in [0.2, 0.25) is 0 Å². The summed E-state index contributed by atoms with van der Waals surface area (Å²) in [6.07, 6.45) is 4.91. The van der Waals surface area contributed by atoms with E-state index in [4.69, 9.17) is 22.5 Å². The molecule has 0 amide bonds. The first-order valence-corrected chi connectivity index (χ1v) is 5.05. The summed E-state index contributed by atoms with van der Waals surface area (Å²) in [4.78, 5) is 4.34. The maximum Gasteiger partial charge on any atom is 0.155 e. The minimum absolute atomic E-state index is 0.336. The fraction of sp³-hybridized carbons (Fsp3) is 0.100. The Balaban J connectivity index is 2.12. The molecule has 2 rings (SSSR count). The zero-order valence-electron chi connectivity index (χ0n) is 8.38. The van der Waals surface area contributed by atoms with Crippen LogP contribution in [-0.2, 0) is 6.54 Å². The Morgan fingerprint density at radius 1 is 1.44 bits per heavy atom. The van der Waals surface area contributed by atoms with Gasteiger partial charge in [-0.15, -0.1) is 0 Å². The molecule has 0 aliphatic rings. The maximum absolute atomic E-state index is 5.59. The fourth-order valence-electron chi connectivity index (χ4n) is 1.27. The van der Waals surface area contributed by atoms with E-state index in [1.54, 1.807) is 30.7 Å². The highest BCUT2D eigenvalue weighted by Crippen LogP contribution is 2.14. The van der Waals surface area contributed by atoms with Gasteiger partial charge in [-0.05, 0) is 6.07 Å². The summed E-state index contributed by atoms with van der Waals surface area (Å²) in [6.45, 7) is 0.515. The normalized spacial score (nSPS) is 10.0. The van der Waals surface area contributed by atoms with Crippen molar-refractivity contribution in [3.63, 3.8) is 0 Å². The quantitative estimate of drug-likeness (QED) is 0.777. The van der Waals surface area contributed by atoms with Crippen LogP contribution in [-0.4, -0.2) is 15.1 Å². The van der Waals surface area contributed by atoms with Gasteiger partial charge in [-0.25, -0.2) is 0 Å². The molecule has 0 saturated heterocycles. The number of anilines is 1. The topological polar surface area (TPSA) is 77.0 Å². The van der Waals surface area contributed by atoms with Crippen molar-refractivity contribution in [3.8, 4) is 0 Å². The van der Waals surface area contributed by atoms with Crippen molar-refractivity contribution in [2.24, 2.45) is 5.73 Å². The van der Waals surface area contributed by atoms with Crippen LogP contribution in [0, 0.1) is 0 Å². The molecule has 0 fully saturated rings. The van der Waals surface area contributed by atoms with Crippen molar-refractivity contribution < 1.29 is 4.52 Å². The van der Waals surface area contributed by atoms with Gasteiger partial charge in [0.1, 0.15) is 4.99 Å². The van der Waals surface area contributed by atoms with Crippen LogP contribution in [0.3, 0.4) is 0 Å². The van der Waals surface area contributed by atoms with Gasteiger partial charge in [-0.2, -0.15) is 0 Å². The molecule has 0 aliphatic heterocycles. The van der Waals surface area contributed by atoms with Gasteiger partial charge >= 0.3 is 0 Å². The van der Waals surface area contributed by atoms with Gasteiger partial charge in [0.05, 0.1) is 24.6 Å². The molecule has 0 atom stereocenters. The van der Waals surface area contributed by atoms with E-state index in [0.29, 0.717) is 11.5 Å². The molecule has 0 unspecified atom stereocenters. The summed E-state index contributed by atoms with van der Waals surface area (Å²) < 4.78 is 4.96. The standard InChI is InChI=1S/C10H10N4OS/c11-10(16)8-2-3-12-6-9(8)13-5-7-1-4-14-15-7/h1-4,6,13H,5H2,(H2,11,16). The van der Waals surface area contributed by atoms with Crippen LogP contribution in [0.5, 0.6) is 0 Å². The molecule has 0 aliphatic carbocycles. The molecule has 2 aromatic heterocycles. The molecular weight excluding hydrogens is 224 g/mol. The van der Waals surface area contributed by atoms with Gasteiger partial charge in [-0.1, -0.05) is 17.4 Å². The summed E-state index contributed by atoms with van der Waals surface area (Å²) in [6, 6.07) is 3.55. The lowest BCUT2D eigenvalue weighted by Crippen LogP contribution is -2.13. The summed E-state index contributed by atoms with van der Waals surface area (Å²) in [7, 11) is 0. The van der Waals surface area contributed by atoms with Gasteiger partial charge in [0.25, 0.3) is 0 Å². The van der Waals surface area contributed by atoms with Crippen molar-refractivity contribution >= 4 is 22.9 Å². The molecular formula is C10H10N4OS. The number of pyridine rings is 1. The minimum atomic E-state index is 0.336. The largest absolute Gasteiger partial charge is 0.389 e. The molecule has 5 nitrogen and oxygen atoms in total. The van der Waals surface area contributed by atoms with Crippen LogP contribution in [0.4, 0.5) is 5.69 Å². The zero-order chi connectivity index (χ0) is 11.4. The van der Waals surface area contributed by atoms with E-state index in [2.05, 4.69) is 15.5 Å². The number of hydrogen-bond donors (Lipinski definition) is 2. The zero-order valence-corrected chi connectivity index (χ0v) is 9.20. The van der Waals surface area contributed by atoms with Gasteiger partial charge in [0.15, 0.2) is 5.76 Å². The highest BCUT2D eigenvalue weighted by molar-refractivity contribution is 7.80. The molecule has 6 heteroatoms. The maximum atomic E-state index is 5.59. The molecule has 0 radical (unpaired) electrons. The summed E-state index contributed by atoms with van der Waals surface area (Å²) >= 11 is 4.94. The molecule has 2 heterocycles. The Morgan fingerprint density at radius 2 is 2.31 bits per heavy atom. The Hall–Kier alpha value is -1.95. The Kier molecular flexibility index (Phi) is 3.11. The predicted octanol–water partition coefficient (Wildman–Crippen LogP) is 1.32. The lowest BCUT2D eigenvalue weighted by Gasteiger charge is -2.08. The number of hydrogen-bond acceptors (Lipinski definition) is 5. The smallest absolute Gasteiger partial charge is 0.155 e. The molecule has 0 aromatic carbocycles. The van der Waals surface area contributed by atoms with Crippen LogP contribution in [0.15, 0.2) is 35.2 Å².